The molecule has 0 radical (unpaired) electrons. The van der Waals surface area contributed by atoms with Crippen molar-refractivity contribution in [2.45, 2.75) is 168 Å². The van der Waals surface area contributed by atoms with Crippen molar-refractivity contribution in [2.75, 3.05) is 0 Å². The van der Waals surface area contributed by atoms with Crippen molar-refractivity contribution in [1.82, 2.24) is 0 Å². The van der Waals surface area contributed by atoms with Gasteiger partial charge in [0.1, 0.15) is 11.2 Å². The third-order valence-corrected chi connectivity index (χ3v) is 14.0. The molecule has 8 rings (SSSR count). The summed E-state index contributed by atoms with van der Waals surface area (Å²) in [6.07, 6.45) is 12.3. The number of rotatable bonds is 9. The fourth-order valence-electron chi connectivity index (χ4n) is 12.2. The minimum atomic E-state index is -0.915. The lowest BCUT2D eigenvalue weighted by molar-refractivity contribution is -0.274. The van der Waals surface area contributed by atoms with Crippen molar-refractivity contribution < 1.29 is 29.3 Å². The second kappa shape index (κ2) is 9.21. The van der Waals surface area contributed by atoms with Gasteiger partial charge in [-0.05, 0) is 156 Å². The van der Waals surface area contributed by atoms with E-state index in [1.54, 1.807) is 0 Å². The molecule has 8 saturated carbocycles. The van der Waals surface area contributed by atoms with E-state index in [1.165, 1.54) is 38.5 Å². The second-order valence-corrected chi connectivity index (χ2v) is 18.7. The highest BCUT2D eigenvalue weighted by atomic mass is 16.6. The summed E-state index contributed by atoms with van der Waals surface area (Å²) in [4.78, 5) is 28.0. The molecule has 238 valence electrons. The van der Waals surface area contributed by atoms with E-state index in [0.29, 0.717) is 32.1 Å². The number of ether oxygens (including phenoxy) is 2. The van der Waals surface area contributed by atoms with Gasteiger partial charge in [-0.15, -0.1) is 0 Å². The summed E-state index contributed by atoms with van der Waals surface area (Å²) in [6, 6.07) is 0. The van der Waals surface area contributed by atoms with Crippen LogP contribution in [0.1, 0.15) is 145 Å². The largest absolute Gasteiger partial charge is 0.459 e. The van der Waals surface area contributed by atoms with Crippen LogP contribution in [-0.4, -0.2) is 44.6 Å². The van der Waals surface area contributed by atoms with Crippen LogP contribution in [0.2, 0.25) is 0 Å². The quantitative estimate of drug-likeness (QED) is 0.279. The van der Waals surface area contributed by atoms with Gasteiger partial charge in [0.25, 0.3) is 0 Å². The van der Waals surface area contributed by atoms with Crippen LogP contribution in [0.3, 0.4) is 0 Å². The van der Waals surface area contributed by atoms with E-state index in [0.717, 1.165) is 37.0 Å². The molecule has 0 aliphatic heterocycles. The molecule has 8 aliphatic carbocycles. The number of carbonyl (C=O) groups is 2. The Morgan fingerprint density at radius 1 is 0.643 bits per heavy atom. The molecule has 8 bridgehead atoms. The molecule has 0 aromatic rings. The summed E-state index contributed by atoms with van der Waals surface area (Å²) in [6.45, 7) is 15.9. The number of esters is 2. The topological polar surface area (TPSA) is 93.1 Å². The molecule has 6 heteroatoms. The standard InChI is InChI=1S/C36H58O6/c1-9-32(8,28(38)42-30(4,5)33-13-23-10-24(14-33)12-25(11-23)15-33)19-29(2,3)27(37)41-31(6,7)34-16-26-17-35(39,20-34)22-36(40,18-26)21-34/h23-26,39-40H,9-22H2,1-8H3. The first kappa shape index (κ1) is 30.9. The average Bonchev–Trinajstić information content (AvgIpc) is 2.79. The molecule has 42 heavy (non-hydrogen) atoms. The van der Waals surface area contributed by atoms with Gasteiger partial charge in [-0.2, -0.15) is 0 Å². The molecule has 0 amide bonds. The lowest BCUT2D eigenvalue weighted by Crippen LogP contribution is -2.68. The van der Waals surface area contributed by atoms with E-state index in [4.69, 9.17) is 9.47 Å². The predicted octanol–water partition coefficient (Wildman–Crippen LogP) is 7.13. The fourth-order valence-corrected chi connectivity index (χ4v) is 12.2. The zero-order chi connectivity index (χ0) is 30.8. The summed E-state index contributed by atoms with van der Waals surface area (Å²) < 4.78 is 12.9. The van der Waals surface area contributed by atoms with Crippen LogP contribution < -0.4 is 0 Å². The monoisotopic (exact) mass is 586 g/mol. The SMILES string of the molecule is CCC(C)(CC(C)(C)C(=O)OC(C)(C)C12CC3CC(O)(CC(O)(C3)C1)C2)C(=O)OC(C)(C)C12CC3CC(CC(C3)C1)C2. The molecule has 0 spiro atoms. The highest BCUT2D eigenvalue weighted by Gasteiger charge is 2.68. The molecular formula is C36H58O6. The Hall–Kier alpha value is -1.14. The number of carbonyl (C=O) groups excluding carboxylic acids is 2. The molecule has 3 atom stereocenters. The molecular weight excluding hydrogens is 528 g/mol. The Balaban J connectivity index is 1.15. The van der Waals surface area contributed by atoms with Crippen molar-refractivity contribution in [3.8, 4) is 0 Å². The number of hydrogen-bond acceptors (Lipinski definition) is 6. The predicted molar refractivity (Wildman–Crippen MR) is 161 cm³/mol. The number of hydrogen-bond donors (Lipinski definition) is 2. The van der Waals surface area contributed by atoms with Gasteiger partial charge in [0.05, 0.1) is 22.0 Å². The third-order valence-electron chi connectivity index (χ3n) is 14.0. The van der Waals surface area contributed by atoms with Gasteiger partial charge in [-0.1, -0.05) is 6.92 Å². The van der Waals surface area contributed by atoms with Gasteiger partial charge >= 0.3 is 11.9 Å². The first-order valence-electron chi connectivity index (χ1n) is 17.1. The minimum Gasteiger partial charge on any atom is -0.459 e. The van der Waals surface area contributed by atoms with Crippen molar-refractivity contribution in [3.05, 3.63) is 0 Å². The molecule has 6 nitrogen and oxygen atoms in total. The molecule has 8 fully saturated rings. The Bertz CT molecular complexity index is 1080. The normalized spacial score (nSPS) is 43.8. The van der Waals surface area contributed by atoms with Gasteiger partial charge in [-0.3, -0.25) is 9.59 Å². The van der Waals surface area contributed by atoms with Crippen LogP contribution in [0.15, 0.2) is 0 Å². The Labute approximate surface area is 254 Å². The summed E-state index contributed by atoms with van der Waals surface area (Å²) in [7, 11) is 0. The zero-order valence-electron chi connectivity index (χ0n) is 27.7. The van der Waals surface area contributed by atoms with Gasteiger partial charge in [-0.25, -0.2) is 0 Å². The lowest BCUT2D eigenvalue weighted by atomic mass is 9.43. The van der Waals surface area contributed by atoms with Crippen molar-refractivity contribution >= 4 is 11.9 Å². The Morgan fingerprint density at radius 2 is 1.07 bits per heavy atom. The van der Waals surface area contributed by atoms with Crippen LogP contribution in [0.25, 0.3) is 0 Å². The van der Waals surface area contributed by atoms with Crippen LogP contribution in [0, 0.1) is 45.3 Å². The molecule has 3 unspecified atom stereocenters. The molecule has 0 saturated heterocycles. The Kier molecular flexibility index (Phi) is 6.77. The van der Waals surface area contributed by atoms with Gasteiger partial charge in [0.2, 0.25) is 0 Å². The molecule has 0 heterocycles. The summed E-state index contributed by atoms with van der Waals surface area (Å²) >= 11 is 0. The van der Waals surface area contributed by atoms with Crippen molar-refractivity contribution in [2.24, 2.45) is 45.3 Å². The van der Waals surface area contributed by atoms with Crippen molar-refractivity contribution in [1.29, 1.82) is 0 Å². The maximum atomic E-state index is 14.1. The van der Waals surface area contributed by atoms with Gasteiger partial charge in [0.15, 0.2) is 0 Å². The highest BCUT2D eigenvalue weighted by molar-refractivity contribution is 5.81. The highest BCUT2D eigenvalue weighted by Crippen LogP contribution is 2.67. The maximum absolute atomic E-state index is 14.1. The first-order valence-corrected chi connectivity index (χ1v) is 17.1. The Morgan fingerprint density at radius 3 is 1.52 bits per heavy atom. The molecule has 2 N–H and O–H groups in total. The number of aliphatic hydroxyl groups is 2. The fraction of sp³-hybridized carbons (Fsp3) is 0.944. The molecule has 0 aromatic carbocycles. The smallest absolute Gasteiger partial charge is 0.312 e. The third kappa shape index (κ3) is 4.79. The van der Waals surface area contributed by atoms with Crippen LogP contribution in [-0.2, 0) is 19.1 Å². The van der Waals surface area contributed by atoms with Gasteiger partial charge < -0.3 is 19.7 Å². The zero-order valence-corrected chi connectivity index (χ0v) is 27.7. The maximum Gasteiger partial charge on any atom is 0.312 e. The minimum absolute atomic E-state index is 0.0660. The summed E-state index contributed by atoms with van der Waals surface area (Å²) in [5.74, 6) is 2.06. The van der Waals surface area contributed by atoms with Crippen molar-refractivity contribution in [3.63, 3.8) is 0 Å². The van der Waals surface area contributed by atoms with E-state index < -0.39 is 38.6 Å². The van der Waals surface area contributed by atoms with Crippen LogP contribution in [0.5, 0.6) is 0 Å². The van der Waals surface area contributed by atoms with E-state index >= 15 is 0 Å². The summed E-state index contributed by atoms with van der Waals surface area (Å²) in [5, 5.41) is 22.7. The van der Waals surface area contributed by atoms with E-state index in [-0.39, 0.29) is 23.3 Å². The summed E-state index contributed by atoms with van der Waals surface area (Å²) in [5.41, 5.74) is -5.30. The second-order valence-electron chi connectivity index (χ2n) is 18.7. The molecule has 8 aliphatic rings. The van der Waals surface area contributed by atoms with Gasteiger partial charge in [0, 0.05) is 17.3 Å². The van der Waals surface area contributed by atoms with E-state index in [2.05, 4.69) is 13.8 Å². The van der Waals surface area contributed by atoms with Crippen LogP contribution >= 0.6 is 0 Å². The average molecular weight is 587 g/mol. The molecule has 0 aromatic heterocycles. The van der Waals surface area contributed by atoms with Crippen LogP contribution in [0.4, 0.5) is 0 Å². The lowest BCUT2D eigenvalue weighted by Gasteiger charge is -2.66. The van der Waals surface area contributed by atoms with E-state index in [9.17, 15) is 19.8 Å². The first-order chi connectivity index (χ1) is 19.2. The van der Waals surface area contributed by atoms with E-state index in [1.807, 2.05) is 41.5 Å².